The van der Waals surface area contributed by atoms with Crippen molar-refractivity contribution >= 4 is 5.91 Å². The minimum absolute atomic E-state index is 0.0644. The second-order valence-corrected chi connectivity index (χ2v) is 5.70. The van der Waals surface area contributed by atoms with Gasteiger partial charge < -0.3 is 9.64 Å². The summed E-state index contributed by atoms with van der Waals surface area (Å²) in [5.41, 5.74) is 1.47. The summed E-state index contributed by atoms with van der Waals surface area (Å²) >= 11 is 0. The molecule has 3 rings (SSSR count). The van der Waals surface area contributed by atoms with Gasteiger partial charge in [0.25, 0.3) is 5.91 Å². The Balaban J connectivity index is 1.85. The van der Waals surface area contributed by atoms with Crippen molar-refractivity contribution in [1.82, 2.24) is 14.7 Å². The van der Waals surface area contributed by atoms with Crippen molar-refractivity contribution in [2.75, 3.05) is 19.7 Å². The molecule has 1 fully saturated rings. The summed E-state index contributed by atoms with van der Waals surface area (Å²) in [6.07, 6.45) is 3.27. The van der Waals surface area contributed by atoms with Gasteiger partial charge in [0.2, 0.25) is 5.88 Å². The van der Waals surface area contributed by atoms with Crippen LogP contribution >= 0.6 is 0 Å². The van der Waals surface area contributed by atoms with Gasteiger partial charge >= 0.3 is 0 Å². The molecule has 1 atom stereocenters. The number of piperidine rings is 1. The van der Waals surface area contributed by atoms with E-state index in [1.807, 2.05) is 16.5 Å². The first-order valence-electron chi connectivity index (χ1n) is 7.16. The van der Waals surface area contributed by atoms with Crippen LogP contribution in [0.3, 0.4) is 0 Å². The number of likely N-dealkylation sites (tertiary alicyclic amines) is 1. The minimum Gasteiger partial charge on any atom is -0.478 e. The molecule has 0 bridgehead atoms. The highest BCUT2D eigenvalue weighted by atomic mass is 16.5. The Bertz CT molecular complexity index is 495. The minimum atomic E-state index is 0.0644. The van der Waals surface area contributed by atoms with Gasteiger partial charge in [0.1, 0.15) is 0 Å². The molecule has 1 aromatic rings. The van der Waals surface area contributed by atoms with E-state index in [4.69, 9.17) is 4.74 Å². The highest BCUT2D eigenvalue weighted by molar-refractivity contribution is 5.94. The van der Waals surface area contributed by atoms with Gasteiger partial charge in [-0.15, -0.1) is 0 Å². The van der Waals surface area contributed by atoms with E-state index in [-0.39, 0.29) is 5.91 Å². The number of aromatic nitrogens is 2. The van der Waals surface area contributed by atoms with E-state index in [9.17, 15) is 4.79 Å². The third-order valence-corrected chi connectivity index (χ3v) is 4.03. The predicted octanol–water partition coefficient (Wildman–Crippen LogP) is 1.85. The predicted molar refractivity (Wildman–Crippen MR) is 71.4 cm³/mol. The van der Waals surface area contributed by atoms with Gasteiger partial charge in [-0.05, 0) is 25.7 Å². The molecule has 19 heavy (non-hydrogen) atoms. The maximum absolute atomic E-state index is 12.6. The van der Waals surface area contributed by atoms with Crippen LogP contribution in [0, 0.1) is 12.8 Å². The molecule has 1 amide bonds. The topological polar surface area (TPSA) is 47.4 Å². The summed E-state index contributed by atoms with van der Waals surface area (Å²) < 4.78 is 7.46. The van der Waals surface area contributed by atoms with Crippen molar-refractivity contribution in [3.63, 3.8) is 0 Å². The van der Waals surface area contributed by atoms with E-state index < -0.39 is 0 Å². The number of aryl methyl sites for hydroxylation is 1. The maximum Gasteiger partial charge on any atom is 0.274 e. The molecule has 1 unspecified atom stereocenters. The third kappa shape index (κ3) is 2.22. The summed E-state index contributed by atoms with van der Waals surface area (Å²) in [6, 6.07) is 0. The van der Waals surface area contributed by atoms with Crippen LogP contribution in [0.4, 0.5) is 0 Å². The second kappa shape index (κ2) is 4.87. The summed E-state index contributed by atoms with van der Waals surface area (Å²) in [7, 11) is 0. The molecule has 0 N–H and O–H groups in total. The van der Waals surface area contributed by atoms with Gasteiger partial charge in [0.05, 0.1) is 6.61 Å². The van der Waals surface area contributed by atoms with Crippen LogP contribution < -0.4 is 4.74 Å². The SMILES string of the molecule is Cc1c(C(=O)N2CCCC(C)C2)nn2c1OCCC2. The molecule has 5 nitrogen and oxygen atoms in total. The smallest absolute Gasteiger partial charge is 0.274 e. The number of nitrogens with zero attached hydrogens (tertiary/aromatic N) is 3. The van der Waals surface area contributed by atoms with Gasteiger partial charge in [0.15, 0.2) is 5.69 Å². The molecule has 0 aliphatic carbocycles. The number of hydrogen-bond acceptors (Lipinski definition) is 3. The van der Waals surface area contributed by atoms with Crippen molar-refractivity contribution in [1.29, 1.82) is 0 Å². The molecule has 0 spiro atoms. The average molecular weight is 263 g/mol. The molecule has 5 heteroatoms. The van der Waals surface area contributed by atoms with E-state index in [2.05, 4.69) is 12.0 Å². The highest BCUT2D eigenvalue weighted by Gasteiger charge is 2.28. The van der Waals surface area contributed by atoms with Crippen LogP contribution in [-0.4, -0.2) is 40.3 Å². The van der Waals surface area contributed by atoms with Crippen LogP contribution in [0.1, 0.15) is 42.2 Å². The fourth-order valence-corrected chi connectivity index (χ4v) is 2.98. The Morgan fingerprint density at radius 1 is 1.37 bits per heavy atom. The Morgan fingerprint density at radius 2 is 2.21 bits per heavy atom. The van der Waals surface area contributed by atoms with Crippen molar-refractivity contribution in [3.8, 4) is 5.88 Å². The first-order valence-corrected chi connectivity index (χ1v) is 7.16. The van der Waals surface area contributed by atoms with Gasteiger partial charge in [-0.3, -0.25) is 4.79 Å². The quantitative estimate of drug-likeness (QED) is 0.777. The zero-order valence-corrected chi connectivity index (χ0v) is 11.7. The molecule has 0 aromatic carbocycles. The molecule has 2 aliphatic rings. The molecule has 104 valence electrons. The first kappa shape index (κ1) is 12.5. The lowest BCUT2D eigenvalue weighted by Crippen LogP contribution is -2.39. The normalized spacial score (nSPS) is 22.8. The number of fused-ring (bicyclic) bond motifs is 1. The largest absolute Gasteiger partial charge is 0.478 e. The van der Waals surface area contributed by atoms with E-state index in [1.165, 1.54) is 6.42 Å². The average Bonchev–Trinajstić information content (AvgIpc) is 2.76. The highest BCUT2D eigenvalue weighted by Crippen LogP contribution is 2.27. The van der Waals surface area contributed by atoms with Gasteiger partial charge in [0, 0.05) is 31.6 Å². The molecular formula is C14H21N3O2. The number of hydrogen-bond donors (Lipinski definition) is 0. The van der Waals surface area contributed by atoms with Gasteiger partial charge in [-0.25, -0.2) is 4.68 Å². The van der Waals surface area contributed by atoms with Gasteiger partial charge in [-0.1, -0.05) is 6.92 Å². The lowest BCUT2D eigenvalue weighted by molar-refractivity contribution is 0.0675. The zero-order chi connectivity index (χ0) is 13.4. The lowest BCUT2D eigenvalue weighted by Gasteiger charge is -2.30. The van der Waals surface area contributed by atoms with Crippen molar-refractivity contribution in [2.45, 2.75) is 39.7 Å². The Hall–Kier alpha value is -1.52. The zero-order valence-electron chi connectivity index (χ0n) is 11.7. The second-order valence-electron chi connectivity index (χ2n) is 5.70. The van der Waals surface area contributed by atoms with E-state index in [1.54, 1.807) is 0 Å². The summed E-state index contributed by atoms with van der Waals surface area (Å²) in [5.74, 6) is 1.43. The molecule has 3 heterocycles. The Morgan fingerprint density at radius 3 is 2.95 bits per heavy atom. The monoisotopic (exact) mass is 263 g/mol. The van der Waals surface area contributed by atoms with Gasteiger partial charge in [-0.2, -0.15) is 5.10 Å². The molecular weight excluding hydrogens is 242 g/mol. The maximum atomic E-state index is 12.6. The van der Waals surface area contributed by atoms with Crippen LogP contribution in [0.15, 0.2) is 0 Å². The summed E-state index contributed by atoms with van der Waals surface area (Å²) in [4.78, 5) is 14.5. The van der Waals surface area contributed by atoms with Crippen molar-refractivity contribution in [3.05, 3.63) is 11.3 Å². The number of rotatable bonds is 1. The van der Waals surface area contributed by atoms with Crippen LogP contribution in [0.2, 0.25) is 0 Å². The Kier molecular flexibility index (Phi) is 3.21. The van der Waals surface area contributed by atoms with E-state index in [0.717, 1.165) is 50.5 Å². The fraction of sp³-hybridized carbons (Fsp3) is 0.714. The van der Waals surface area contributed by atoms with Crippen molar-refractivity contribution < 1.29 is 9.53 Å². The Labute approximate surface area is 113 Å². The molecule has 0 saturated carbocycles. The number of carbonyl (C=O) groups excluding carboxylic acids is 1. The fourth-order valence-electron chi connectivity index (χ4n) is 2.98. The lowest BCUT2D eigenvalue weighted by atomic mass is 10.00. The van der Waals surface area contributed by atoms with Crippen LogP contribution in [0.25, 0.3) is 0 Å². The summed E-state index contributed by atoms with van der Waals surface area (Å²) in [6.45, 7) is 7.41. The number of carbonyl (C=O) groups is 1. The standard InChI is InChI=1S/C14H21N3O2/c1-10-5-3-6-16(9-10)13(18)12-11(2)14-17(15-12)7-4-8-19-14/h10H,3-9H2,1-2H3. The summed E-state index contributed by atoms with van der Waals surface area (Å²) in [5, 5.41) is 4.45. The van der Waals surface area contributed by atoms with E-state index >= 15 is 0 Å². The third-order valence-electron chi connectivity index (χ3n) is 4.03. The molecule has 0 radical (unpaired) electrons. The molecule has 1 saturated heterocycles. The number of ether oxygens (including phenoxy) is 1. The van der Waals surface area contributed by atoms with Crippen LogP contribution in [-0.2, 0) is 6.54 Å². The molecule has 1 aromatic heterocycles. The van der Waals surface area contributed by atoms with Crippen molar-refractivity contribution in [2.24, 2.45) is 5.92 Å². The number of amides is 1. The molecule has 2 aliphatic heterocycles. The van der Waals surface area contributed by atoms with Crippen LogP contribution in [0.5, 0.6) is 5.88 Å². The first-order chi connectivity index (χ1) is 9.16. The van der Waals surface area contributed by atoms with E-state index in [0.29, 0.717) is 11.6 Å².